The Bertz CT molecular complexity index is 353. The van der Waals surface area contributed by atoms with Gasteiger partial charge in [0, 0.05) is 25.4 Å². The Morgan fingerprint density at radius 1 is 1.65 bits per heavy atom. The lowest BCUT2D eigenvalue weighted by atomic mass is 9.95. The van der Waals surface area contributed by atoms with Gasteiger partial charge in [0.15, 0.2) is 0 Å². The second kappa shape index (κ2) is 6.47. The van der Waals surface area contributed by atoms with Crippen molar-refractivity contribution in [3.8, 4) is 0 Å². The lowest BCUT2D eigenvalue weighted by molar-refractivity contribution is 0.0417. The Kier molecular flexibility index (Phi) is 4.95. The van der Waals surface area contributed by atoms with Gasteiger partial charge in [-0.25, -0.2) is 4.98 Å². The Morgan fingerprint density at radius 2 is 2.53 bits per heavy atom. The molecule has 0 spiro atoms. The Hall–Kier alpha value is -0.450. The minimum atomic E-state index is 0.502. The minimum Gasteiger partial charge on any atom is -0.381 e. The van der Waals surface area contributed by atoms with Crippen molar-refractivity contribution in [3.05, 3.63) is 28.5 Å². The highest BCUT2D eigenvalue weighted by atomic mass is 79.9. The van der Waals surface area contributed by atoms with Crippen LogP contribution in [0.4, 0.5) is 0 Å². The van der Waals surface area contributed by atoms with Gasteiger partial charge in [0.1, 0.15) is 4.60 Å². The van der Waals surface area contributed by atoms with E-state index in [0.717, 1.165) is 24.4 Å². The van der Waals surface area contributed by atoms with E-state index in [4.69, 9.17) is 4.74 Å². The summed E-state index contributed by atoms with van der Waals surface area (Å²) in [4.78, 5) is 4.13. The number of aromatic nitrogens is 1. The highest BCUT2D eigenvalue weighted by Gasteiger charge is 2.19. The molecule has 2 heterocycles. The van der Waals surface area contributed by atoms with Gasteiger partial charge in [-0.2, -0.15) is 0 Å². The molecule has 17 heavy (non-hydrogen) atoms. The van der Waals surface area contributed by atoms with Crippen LogP contribution >= 0.6 is 15.9 Å². The number of pyridine rings is 1. The first-order chi connectivity index (χ1) is 8.25. The normalized spacial score (nSPS) is 22.4. The highest BCUT2D eigenvalue weighted by molar-refractivity contribution is 9.10. The molecule has 0 aromatic carbocycles. The first kappa shape index (κ1) is 13.0. The van der Waals surface area contributed by atoms with E-state index in [1.807, 2.05) is 12.3 Å². The van der Waals surface area contributed by atoms with Crippen LogP contribution in [-0.4, -0.2) is 24.2 Å². The van der Waals surface area contributed by atoms with Crippen LogP contribution in [0, 0.1) is 5.92 Å². The topological polar surface area (TPSA) is 34.2 Å². The van der Waals surface area contributed by atoms with Gasteiger partial charge in [0.05, 0.1) is 6.61 Å². The number of ether oxygens (including phenoxy) is 1. The molecular formula is C13H19BrN2O. The molecule has 94 valence electrons. The molecule has 1 aliphatic heterocycles. The molecule has 2 rings (SSSR count). The van der Waals surface area contributed by atoms with Crippen LogP contribution in [0.25, 0.3) is 0 Å². The third kappa shape index (κ3) is 4.05. The zero-order valence-corrected chi connectivity index (χ0v) is 11.7. The maximum Gasteiger partial charge on any atom is 0.106 e. The van der Waals surface area contributed by atoms with Gasteiger partial charge in [-0.1, -0.05) is 0 Å². The number of nitrogens with zero attached hydrogens (tertiary/aromatic N) is 1. The molecule has 4 heteroatoms. The van der Waals surface area contributed by atoms with E-state index < -0.39 is 0 Å². The molecule has 0 aliphatic carbocycles. The second-order valence-corrected chi connectivity index (χ2v) is 5.45. The molecule has 1 N–H and O–H groups in total. The molecular weight excluding hydrogens is 280 g/mol. The van der Waals surface area contributed by atoms with Crippen LogP contribution in [0.5, 0.6) is 0 Å². The van der Waals surface area contributed by atoms with Crippen molar-refractivity contribution in [2.75, 3.05) is 13.2 Å². The van der Waals surface area contributed by atoms with E-state index in [2.05, 4.69) is 39.2 Å². The maximum absolute atomic E-state index is 5.52. The van der Waals surface area contributed by atoms with Crippen molar-refractivity contribution in [2.45, 2.75) is 32.4 Å². The number of rotatable bonds is 4. The third-order valence-electron chi connectivity index (χ3n) is 3.32. The summed E-state index contributed by atoms with van der Waals surface area (Å²) in [5.41, 5.74) is 1.26. The van der Waals surface area contributed by atoms with E-state index in [1.165, 1.54) is 18.4 Å². The molecule has 1 fully saturated rings. The summed E-state index contributed by atoms with van der Waals surface area (Å²) < 4.78 is 6.41. The van der Waals surface area contributed by atoms with Crippen LogP contribution < -0.4 is 5.32 Å². The van der Waals surface area contributed by atoms with Crippen LogP contribution in [0.15, 0.2) is 22.9 Å². The third-order valence-corrected chi connectivity index (χ3v) is 3.76. The van der Waals surface area contributed by atoms with E-state index >= 15 is 0 Å². The predicted octanol–water partition coefficient (Wildman–Crippen LogP) is 2.75. The fourth-order valence-electron chi connectivity index (χ4n) is 2.16. The first-order valence-electron chi connectivity index (χ1n) is 6.17. The van der Waals surface area contributed by atoms with Gasteiger partial charge >= 0.3 is 0 Å². The zero-order valence-electron chi connectivity index (χ0n) is 10.2. The van der Waals surface area contributed by atoms with Crippen LogP contribution in [-0.2, 0) is 11.3 Å². The van der Waals surface area contributed by atoms with E-state index in [-0.39, 0.29) is 0 Å². The van der Waals surface area contributed by atoms with Gasteiger partial charge in [-0.3, -0.25) is 0 Å². The molecule has 0 radical (unpaired) electrons. The molecule has 0 amide bonds. The van der Waals surface area contributed by atoms with Gasteiger partial charge in [0.25, 0.3) is 0 Å². The first-order valence-corrected chi connectivity index (χ1v) is 6.96. The number of nitrogens with one attached hydrogen (secondary N) is 1. The lowest BCUT2D eigenvalue weighted by Gasteiger charge is -2.28. The van der Waals surface area contributed by atoms with E-state index in [1.54, 1.807) is 0 Å². The van der Waals surface area contributed by atoms with Crippen LogP contribution in [0.1, 0.15) is 25.3 Å². The van der Waals surface area contributed by atoms with Crippen LogP contribution in [0.2, 0.25) is 0 Å². The SMILES string of the molecule is C[C@@H](NCc1ccnc(Br)c1)[C@@H]1CCCOC1. The second-order valence-electron chi connectivity index (χ2n) is 4.63. The summed E-state index contributed by atoms with van der Waals surface area (Å²) in [5.74, 6) is 0.647. The molecule has 0 bridgehead atoms. The quantitative estimate of drug-likeness (QED) is 0.868. The van der Waals surface area contributed by atoms with E-state index in [9.17, 15) is 0 Å². The molecule has 1 saturated heterocycles. The monoisotopic (exact) mass is 298 g/mol. The van der Waals surface area contributed by atoms with Crippen molar-refractivity contribution in [1.82, 2.24) is 10.3 Å². The molecule has 3 nitrogen and oxygen atoms in total. The molecule has 0 unspecified atom stereocenters. The Balaban J connectivity index is 1.80. The van der Waals surface area contributed by atoms with Crippen molar-refractivity contribution >= 4 is 15.9 Å². The fraction of sp³-hybridized carbons (Fsp3) is 0.615. The average molecular weight is 299 g/mol. The molecule has 1 aromatic rings. The fourth-order valence-corrected chi connectivity index (χ4v) is 2.57. The summed E-state index contributed by atoms with van der Waals surface area (Å²) in [6.07, 6.45) is 4.29. The van der Waals surface area contributed by atoms with Gasteiger partial charge in [0.2, 0.25) is 0 Å². The minimum absolute atomic E-state index is 0.502. The molecule has 1 aromatic heterocycles. The Labute approximate surface area is 111 Å². The standard InChI is InChI=1S/C13H19BrN2O/c1-10(12-3-2-6-17-9-12)16-8-11-4-5-15-13(14)7-11/h4-5,7,10,12,16H,2-3,6,8-9H2,1H3/t10-,12-/m1/s1. The smallest absolute Gasteiger partial charge is 0.106 e. The van der Waals surface area contributed by atoms with Crippen molar-refractivity contribution < 1.29 is 4.74 Å². The summed E-state index contributed by atoms with van der Waals surface area (Å²) in [6, 6.07) is 4.60. The van der Waals surface area contributed by atoms with Gasteiger partial charge in [-0.15, -0.1) is 0 Å². The highest BCUT2D eigenvalue weighted by Crippen LogP contribution is 2.17. The number of hydrogen-bond acceptors (Lipinski definition) is 3. The summed E-state index contributed by atoms with van der Waals surface area (Å²) in [6.45, 7) is 4.96. The van der Waals surface area contributed by atoms with Gasteiger partial charge in [-0.05, 0) is 59.3 Å². The van der Waals surface area contributed by atoms with Crippen molar-refractivity contribution in [3.63, 3.8) is 0 Å². The maximum atomic E-state index is 5.52. The molecule has 1 aliphatic rings. The summed E-state index contributed by atoms with van der Waals surface area (Å²) in [5, 5.41) is 3.57. The predicted molar refractivity (Wildman–Crippen MR) is 71.8 cm³/mol. The summed E-state index contributed by atoms with van der Waals surface area (Å²) in [7, 11) is 0. The van der Waals surface area contributed by atoms with Crippen LogP contribution in [0.3, 0.4) is 0 Å². The number of hydrogen-bond donors (Lipinski definition) is 1. The largest absolute Gasteiger partial charge is 0.381 e. The van der Waals surface area contributed by atoms with Crippen molar-refractivity contribution in [1.29, 1.82) is 0 Å². The number of halogens is 1. The van der Waals surface area contributed by atoms with Crippen molar-refractivity contribution in [2.24, 2.45) is 5.92 Å². The Morgan fingerprint density at radius 3 is 3.24 bits per heavy atom. The van der Waals surface area contributed by atoms with E-state index in [0.29, 0.717) is 12.0 Å². The molecule has 0 saturated carbocycles. The lowest BCUT2D eigenvalue weighted by Crippen LogP contribution is -2.37. The average Bonchev–Trinajstić information content (AvgIpc) is 2.37. The summed E-state index contributed by atoms with van der Waals surface area (Å²) >= 11 is 3.39. The zero-order chi connectivity index (χ0) is 12.1. The van der Waals surface area contributed by atoms with Gasteiger partial charge < -0.3 is 10.1 Å². The molecule has 2 atom stereocenters.